The number of rotatable bonds is 3. The monoisotopic (exact) mass is 292 g/mol. The average molecular weight is 292 g/mol. The molecule has 4 aromatic rings. The first-order valence-electron chi connectivity index (χ1n) is 6.90. The SMILES string of the molecule is O=c1c2nccnc2ncn1CCc1cn2ccccc2n1. The summed E-state index contributed by atoms with van der Waals surface area (Å²) in [6, 6.07) is 5.85. The minimum atomic E-state index is -0.179. The molecule has 0 saturated heterocycles. The molecule has 0 radical (unpaired) electrons. The second-order valence-electron chi connectivity index (χ2n) is 4.92. The lowest BCUT2D eigenvalue weighted by molar-refractivity contribution is 0.653. The number of hydrogen-bond donors (Lipinski definition) is 0. The Balaban J connectivity index is 1.63. The zero-order valence-corrected chi connectivity index (χ0v) is 11.6. The van der Waals surface area contributed by atoms with Crippen molar-refractivity contribution in [1.29, 1.82) is 0 Å². The van der Waals surface area contributed by atoms with Gasteiger partial charge in [-0.05, 0) is 12.1 Å². The van der Waals surface area contributed by atoms with E-state index in [1.54, 1.807) is 4.57 Å². The van der Waals surface area contributed by atoms with Crippen LogP contribution in [0.25, 0.3) is 16.8 Å². The fraction of sp³-hybridized carbons (Fsp3) is 0.133. The Labute approximate surface area is 124 Å². The van der Waals surface area contributed by atoms with E-state index >= 15 is 0 Å². The molecule has 22 heavy (non-hydrogen) atoms. The second-order valence-corrected chi connectivity index (χ2v) is 4.92. The first kappa shape index (κ1) is 12.6. The van der Waals surface area contributed by atoms with Gasteiger partial charge in [0.05, 0.1) is 5.69 Å². The molecule has 108 valence electrons. The molecule has 0 fully saturated rings. The Morgan fingerprint density at radius 1 is 1.09 bits per heavy atom. The topological polar surface area (TPSA) is 78.0 Å². The Kier molecular flexibility index (Phi) is 2.89. The van der Waals surface area contributed by atoms with Crippen molar-refractivity contribution in [2.24, 2.45) is 0 Å². The van der Waals surface area contributed by atoms with Gasteiger partial charge in [0.1, 0.15) is 12.0 Å². The van der Waals surface area contributed by atoms with Crippen LogP contribution in [0.2, 0.25) is 0 Å². The second kappa shape index (κ2) is 5.03. The van der Waals surface area contributed by atoms with Crippen LogP contribution >= 0.6 is 0 Å². The average Bonchev–Trinajstić information content (AvgIpc) is 2.97. The summed E-state index contributed by atoms with van der Waals surface area (Å²) in [4.78, 5) is 29.1. The highest BCUT2D eigenvalue weighted by molar-refractivity contribution is 5.66. The van der Waals surface area contributed by atoms with Gasteiger partial charge in [0, 0.05) is 37.8 Å². The lowest BCUT2D eigenvalue weighted by Gasteiger charge is -2.04. The summed E-state index contributed by atoms with van der Waals surface area (Å²) in [6.45, 7) is 0.502. The van der Waals surface area contributed by atoms with E-state index in [1.807, 2.05) is 35.0 Å². The number of imidazole rings is 1. The van der Waals surface area contributed by atoms with Crippen molar-refractivity contribution in [3.05, 3.63) is 65.4 Å². The standard InChI is InChI=1S/C15H12N6O/c22-15-13-14(17-6-5-16-13)18-10-21(15)8-4-11-9-20-7-2-1-3-12(20)19-11/h1-3,5-7,9-10H,4,8H2. The first-order valence-corrected chi connectivity index (χ1v) is 6.90. The van der Waals surface area contributed by atoms with Gasteiger partial charge in [-0.15, -0.1) is 0 Å². The van der Waals surface area contributed by atoms with E-state index in [0.717, 1.165) is 11.3 Å². The molecule has 4 aromatic heterocycles. The zero-order chi connectivity index (χ0) is 14.9. The van der Waals surface area contributed by atoms with Crippen molar-refractivity contribution < 1.29 is 0 Å². The molecule has 7 heteroatoms. The van der Waals surface area contributed by atoms with Crippen molar-refractivity contribution in [2.75, 3.05) is 0 Å². The maximum atomic E-state index is 12.3. The van der Waals surface area contributed by atoms with Crippen LogP contribution < -0.4 is 5.56 Å². The van der Waals surface area contributed by atoms with Crippen LogP contribution in [0.3, 0.4) is 0 Å². The molecule has 4 heterocycles. The minimum Gasteiger partial charge on any atom is -0.307 e. The molecule has 0 aliphatic rings. The molecule has 0 saturated carbocycles. The molecule has 4 rings (SSSR count). The quantitative estimate of drug-likeness (QED) is 0.564. The third-order valence-corrected chi connectivity index (χ3v) is 3.48. The van der Waals surface area contributed by atoms with Gasteiger partial charge in [0.25, 0.3) is 5.56 Å². The summed E-state index contributed by atoms with van der Waals surface area (Å²) >= 11 is 0. The maximum Gasteiger partial charge on any atom is 0.281 e. The van der Waals surface area contributed by atoms with Gasteiger partial charge in [0.2, 0.25) is 0 Å². The third-order valence-electron chi connectivity index (χ3n) is 3.48. The lowest BCUT2D eigenvalue weighted by Crippen LogP contribution is -2.22. The van der Waals surface area contributed by atoms with Gasteiger partial charge in [0.15, 0.2) is 11.2 Å². The number of aromatic nitrogens is 6. The largest absolute Gasteiger partial charge is 0.307 e. The van der Waals surface area contributed by atoms with Crippen LogP contribution in [0.4, 0.5) is 0 Å². The molecule has 0 bridgehead atoms. The van der Waals surface area contributed by atoms with Crippen LogP contribution in [0.1, 0.15) is 5.69 Å². The molecule has 0 atom stereocenters. The van der Waals surface area contributed by atoms with Crippen molar-refractivity contribution in [1.82, 2.24) is 28.9 Å². The predicted molar refractivity (Wildman–Crippen MR) is 80.5 cm³/mol. The molecule has 0 aliphatic carbocycles. The predicted octanol–water partition coefficient (Wildman–Crippen LogP) is 1.08. The Morgan fingerprint density at radius 2 is 2.00 bits per heavy atom. The molecule has 0 amide bonds. The summed E-state index contributed by atoms with van der Waals surface area (Å²) in [5.74, 6) is 0. The smallest absolute Gasteiger partial charge is 0.281 e. The fourth-order valence-corrected chi connectivity index (χ4v) is 2.39. The van der Waals surface area contributed by atoms with Crippen molar-refractivity contribution in [2.45, 2.75) is 13.0 Å². The Morgan fingerprint density at radius 3 is 2.91 bits per heavy atom. The molecular formula is C15H12N6O. The van der Waals surface area contributed by atoms with Gasteiger partial charge in [-0.3, -0.25) is 9.36 Å². The van der Waals surface area contributed by atoms with Crippen LogP contribution in [0, 0.1) is 0 Å². The van der Waals surface area contributed by atoms with Crippen molar-refractivity contribution in [3.63, 3.8) is 0 Å². The summed E-state index contributed by atoms with van der Waals surface area (Å²) < 4.78 is 3.50. The lowest BCUT2D eigenvalue weighted by atomic mass is 10.3. The molecule has 0 N–H and O–H groups in total. The summed E-state index contributed by atoms with van der Waals surface area (Å²) in [6.07, 6.45) is 9.09. The van der Waals surface area contributed by atoms with E-state index in [9.17, 15) is 4.79 Å². The van der Waals surface area contributed by atoms with Gasteiger partial charge in [-0.1, -0.05) is 6.07 Å². The van der Waals surface area contributed by atoms with E-state index in [4.69, 9.17) is 0 Å². The van der Waals surface area contributed by atoms with Crippen LogP contribution in [-0.2, 0) is 13.0 Å². The van der Waals surface area contributed by atoms with E-state index < -0.39 is 0 Å². The van der Waals surface area contributed by atoms with Gasteiger partial charge in [-0.25, -0.2) is 19.9 Å². The minimum absolute atomic E-state index is 0.179. The third kappa shape index (κ3) is 2.12. The fourth-order valence-electron chi connectivity index (χ4n) is 2.39. The Bertz CT molecular complexity index is 986. The van der Waals surface area contributed by atoms with Crippen molar-refractivity contribution >= 4 is 16.8 Å². The molecule has 0 aliphatic heterocycles. The zero-order valence-electron chi connectivity index (χ0n) is 11.6. The molecule has 0 aromatic carbocycles. The maximum absolute atomic E-state index is 12.3. The van der Waals surface area contributed by atoms with E-state index in [1.165, 1.54) is 18.7 Å². The van der Waals surface area contributed by atoms with E-state index in [2.05, 4.69) is 19.9 Å². The highest BCUT2D eigenvalue weighted by Gasteiger charge is 2.07. The highest BCUT2D eigenvalue weighted by Crippen LogP contribution is 2.06. The number of fused-ring (bicyclic) bond motifs is 2. The van der Waals surface area contributed by atoms with E-state index in [-0.39, 0.29) is 5.56 Å². The normalized spacial score (nSPS) is 11.3. The first-order chi connectivity index (χ1) is 10.8. The Hall–Kier alpha value is -3.09. The summed E-state index contributed by atoms with van der Waals surface area (Å²) in [7, 11) is 0. The number of hydrogen-bond acceptors (Lipinski definition) is 5. The number of pyridine rings is 1. The van der Waals surface area contributed by atoms with Crippen LogP contribution in [0.5, 0.6) is 0 Å². The molecular weight excluding hydrogens is 280 g/mol. The molecule has 0 spiro atoms. The van der Waals surface area contributed by atoms with Gasteiger partial charge in [-0.2, -0.15) is 0 Å². The molecule has 7 nitrogen and oxygen atoms in total. The van der Waals surface area contributed by atoms with Gasteiger partial charge >= 0.3 is 0 Å². The summed E-state index contributed by atoms with van der Waals surface area (Å²) in [5.41, 5.74) is 2.31. The number of aryl methyl sites for hydroxylation is 2. The highest BCUT2D eigenvalue weighted by atomic mass is 16.1. The summed E-state index contributed by atoms with van der Waals surface area (Å²) in [5, 5.41) is 0. The number of nitrogens with zero attached hydrogens (tertiary/aromatic N) is 6. The van der Waals surface area contributed by atoms with Crippen LogP contribution in [-0.4, -0.2) is 28.9 Å². The van der Waals surface area contributed by atoms with E-state index in [0.29, 0.717) is 24.1 Å². The van der Waals surface area contributed by atoms with Crippen LogP contribution in [0.15, 0.2) is 54.1 Å². The molecule has 0 unspecified atom stereocenters. The van der Waals surface area contributed by atoms with Crippen molar-refractivity contribution in [3.8, 4) is 0 Å². The van der Waals surface area contributed by atoms with Gasteiger partial charge < -0.3 is 4.40 Å².